The molecule has 0 aliphatic heterocycles. The summed E-state index contributed by atoms with van der Waals surface area (Å²) in [7, 11) is 2.10. The molecular weight excluding hydrogens is 232 g/mol. The molecule has 0 spiro atoms. The summed E-state index contributed by atoms with van der Waals surface area (Å²) in [6.07, 6.45) is 1.74. The van der Waals surface area contributed by atoms with Gasteiger partial charge >= 0.3 is 0 Å². The third-order valence-corrected chi connectivity index (χ3v) is 2.75. The predicted octanol–water partition coefficient (Wildman–Crippen LogP) is 3.37. The van der Waals surface area contributed by atoms with Crippen LogP contribution in [0.3, 0.4) is 0 Å². The minimum atomic E-state index is 0.551. The molecule has 2 aromatic rings. The summed E-state index contributed by atoms with van der Waals surface area (Å²) in [5, 5.41) is 0.551. The van der Waals surface area contributed by atoms with E-state index >= 15 is 0 Å². The fraction of sp³-hybridized carbons (Fsp3) is 0.214. The van der Waals surface area contributed by atoms with Gasteiger partial charge in [0.1, 0.15) is 5.15 Å². The standard InChI is InChI=1S/C14H15ClN2/c1-17(10-12-5-3-2-4-6-12)11-13-7-8-16-14(15)9-13/h2-9H,10-11H2,1H3. The third kappa shape index (κ3) is 3.84. The van der Waals surface area contributed by atoms with Gasteiger partial charge in [-0.15, -0.1) is 0 Å². The molecule has 0 unspecified atom stereocenters. The minimum absolute atomic E-state index is 0.551. The van der Waals surface area contributed by atoms with Crippen LogP contribution in [0, 0.1) is 0 Å². The van der Waals surface area contributed by atoms with Crippen molar-refractivity contribution >= 4 is 11.6 Å². The van der Waals surface area contributed by atoms with Crippen molar-refractivity contribution in [3.63, 3.8) is 0 Å². The Labute approximate surface area is 107 Å². The molecule has 1 heterocycles. The molecule has 0 N–H and O–H groups in total. The Morgan fingerprint density at radius 2 is 1.76 bits per heavy atom. The van der Waals surface area contributed by atoms with Crippen LogP contribution in [-0.2, 0) is 13.1 Å². The van der Waals surface area contributed by atoms with Gasteiger partial charge in [-0.25, -0.2) is 4.98 Å². The van der Waals surface area contributed by atoms with E-state index in [-0.39, 0.29) is 0 Å². The molecule has 0 amide bonds. The first-order valence-corrected chi connectivity index (χ1v) is 5.95. The quantitative estimate of drug-likeness (QED) is 0.769. The van der Waals surface area contributed by atoms with E-state index in [1.165, 1.54) is 11.1 Å². The van der Waals surface area contributed by atoms with Crippen molar-refractivity contribution in [1.82, 2.24) is 9.88 Å². The molecule has 2 nitrogen and oxygen atoms in total. The molecule has 0 saturated carbocycles. The van der Waals surface area contributed by atoms with Gasteiger partial charge in [0.2, 0.25) is 0 Å². The van der Waals surface area contributed by atoms with Crippen molar-refractivity contribution in [2.45, 2.75) is 13.1 Å². The topological polar surface area (TPSA) is 16.1 Å². The van der Waals surface area contributed by atoms with E-state index in [1.807, 2.05) is 18.2 Å². The molecule has 3 heteroatoms. The van der Waals surface area contributed by atoms with E-state index in [1.54, 1.807) is 6.20 Å². The van der Waals surface area contributed by atoms with Crippen molar-refractivity contribution in [3.05, 3.63) is 64.9 Å². The summed E-state index contributed by atoms with van der Waals surface area (Å²) in [5.74, 6) is 0. The number of hydrogen-bond acceptors (Lipinski definition) is 2. The second kappa shape index (κ2) is 5.80. The van der Waals surface area contributed by atoms with Crippen LogP contribution in [0.1, 0.15) is 11.1 Å². The zero-order valence-electron chi connectivity index (χ0n) is 9.81. The summed E-state index contributed by atoms with van der Waals surface area (Å²) in [5.41, 5.74) is 2.50. The zero-order chi connectivity index (χ0) is 12.1. The number of benzene rings is 1. The number of pyridine rings is 1. The number of aromatic nitrogens is 1. The Balaban J connectivity index is 1.96. The van der Waals surface area contributed by atoms with Crippen molar-refractivity contribution in [2.24, 2.45) is 0 Å². The van der Waals surface area contributed by atoms with Gasteiger partial charge in [-0.1, -0.05) is 41.9 Å². The van der Waals surface area contributed by atoms with Gasteiger partial charge in [0, 0.05) is 19.3 Å². The van der Waals surface area contributed by atoms with E-state index in [2.05, 4.69) is 41.2 Å². The first kappa shape index (κ1) is 12.1. The summed E-state index contributed by atoms with van der Waals surface area (Å²) >= 11 is 5.86. The predicted molar refractivity (Wildman–Crippen MR) is 70.9 cm³/mol. The van der Waals surface area contributed by atoms with Crippen LogP contribution in [0.5, 0.6) is 0 Å². The maximum atomic E-state index is 5.86. The van der Waals surface area contributed by atoms with Crippen molar-refractivity contribution in [2.75, 3.05) is 7.05 Å². The molecule has 0 radical (unpaired) electrons. The second-order valence-electron chi connectivity index (χ2n) is 4.14. The summed E-state index contributed by atoms with van der Waals surface area (Å²) < 4.78 is 0. The minimum Gasteiger partial charge on any atom is -0.298 e. The first-order valence-electron chi connectivity index (χ1n) is 5.57. The average Bonchev–Trinajstić information content (AvgIpc) is 2.30. The summed E-state index contributed by atoms with van der Waals surface area (Å²) in [4.78, 5) is 6.23. The molecule has 1 aromatic heterocycles. The van der Waals surface area contributed by atoms with Gasteiger partial charge in [0.15, 0.2) is 0 Å². The maximum absolute atomic E-state index is 5.86. The number of rotatable bonds is 4. The van der Waals surface area contributed by atoms with E-state index in [9.17, 15) is 0 Å². The molecule has 1 aromatic carbocycles. The number of halogens is 1. The largest absolute Gasteiger partial charge is 0.298 e. The van der Waals surface area contributed by atoms with Gasteiger partial charge in [0.25, 0.3) is 0 Å². The SMILES string of the molecule is CN(Cc1ccccc1)Cc1ccnc(Cl)c1. The molecule has 0 bridgehead atoms. The molecule has 0 atom stereocenters. The molecule has 88 valence electrons. The lowest BCUT2D eigenvalue weighted by Crippen LogP contribution is -2.17. The fourth-order valence-corrected chi connectivity index (χ4v) is 2.00. The van der Waals surface area contributed by atoms with Crippen molar-refractivity contribution in [1.29, 1.82) is 0 Å². The van der Waals surface area contributed by atoms with Gasteiger partial charge in [-0.05, 0) is 30.3 Å². The number of nitrogens with zero attached hydrogens (tertiary/aromatic N) is 2. The molecular formula is C14H15ClN2. The zero-order valence-corrected chi connectivity index (χ0v) is 10.6. The Morgan fingerprint density at radius 1 is 1.06 bits per heavy atom. The van der Waals surface area contributed by atoms with Crippen LogP contribution in [0.15, 0.2) is 48.7 Å². The molecule has 0 aliphatic rings. The normalized spacial score (nSPS) is 10.8. The molecule has 2 rings (SSSR count). The lowest BCUT2D eigenvalue weighted by atomic mass is 10.2. The van der Waals surface area contributed by atoms with Crippen LogP contribution in [0.25, 0.3) is 0 Å². The van der Waals surface area contributed by atoms with Gasteiger partial charge in [0.05, 0.1) is 0 Å². The highest BCUT2D eigenvalue weighted by Crippen LogP contribution is 2.11. The monoisotopic (exact) mass is 246 g/mol. The highest BCUT2D eigenvalue weighted by atomic mass is 35.5. The van der Waals surface area contributed by atoms with Crippen LogP contribution in [-0.4, -0.2) is 16.9 Å². The molecule has 17 heavy (non-hydrogen) atoms. The maximum Gasteiger partial charge on any atom is 0.129 e. The van der Waals surface area contributed by atoms with E-state index in [0.29, 0.717) is 5.15 Å². The van der Waals surface area contributed by atoms with Crippen molar-refractivity contribution < 1.29 is 0 Å². The highest BCUT2D eigenvalue weighted by molar-refractivity contribution is 6.29. The smallest absolute Gasteiger partial charge is 0.129 e. The van der Waals surface area contributed by atoms with Crippen LogP contribution < -0.4 is 0 Å². The Bertz CT molecular complexity index is 471. The van der Waals surface area contributed by atoms with Crippen LogP contribution >= 0.6 is 11.6 Å². The van der Waals surface area contributed by atoms with Gasteiger partial charge in [-0.2, -0.15) is 0 Å². The van der Waals surface area contributed by atoms with E-state index < -0.39 is 0 Å². The molecule has 0 saturated heterocycles. The second-order valence-corrected chi connectivity index (χ2v) is 4.53. The van der Waals surface area contributed by atoms with Gasteiger partial charge in [-0.3, -0.25) is 4.90 Å². The summed E-state index contributed by atoms with van der Waals surface area (Å²) in [6.45, 7) is 1.80. The van der Waals surface area contributed by atoms with Crippen molar-refractivity contribution in [3.8, 4) is 0 Å². The third-order valence-electron chi connectivity index (χ3n) is 2.54. The first-order chi connectivity index (χ1) is 8.24. The Kier molecular flexibility index (Phi) is 4.13. The molecule has 0 aliphatic carbocycles. The Hall–Kier alpha value is -1.38. The fourth-order valence-electron chi connectivity index (χ4n) is 1.80. The summed E-state index contributed by atoms with van der Waals surface area (Å²) in [6, 6.07) is 14.3. The number of hydrogen-bond donors (Lipinski definition) is 0. The van der Waals surface area contributed by atoms with E-state index in [4.69, 9.17) is 11.6 Å². The van der Waals surface area contributed by atoms with Crippen LogP contribution in [0.4, 0.5) is 0 Å². The highest BCUT2D eigenvalue weighted by Gasteiger charge is 2.02. The lowest BCUT2D eigenvalue weighted by molar-refractivity contribution is 0.319. The average molecular weight is 247 g/mol. The van der Waals surface area contributed by atoms with Gasteiger partial charge < -0.3 is 0 Å². The Morgan fingerprint density at radius 3 is 2.47 bits per heavy atom. The lowest BCUT2D eigenvalue weighted by Gasteiger charge is -2.16. The molecule has 0 fully saturated rings. The van der Waals surface area contributed by atoms with Crippen LogP contribution in [0.2, 0.25) is 5.15 Å². The van der Waals surface area contributed by atoms with E-state index in [0.717, 1.165) is 13.1 Å².